The predicted molar refractivity (Wildman–Crippen MR) is 129 cm³/mol. The number of carbonyl (C=O) groups is 2. The van der Waals surface area contributed by atoms with Crippen molar-refractivity contribution in [3.05, 3.63) is 73.8 Å². The summed E-state index contributed by atoms with van der Waals surface area (Å²) >= 11 is 12.3. The van der Waals surface area contributed by atoms with Gasteiger partial charge >= 0.3 is 5.97 Å². The number of esters is 1. The second kappa shape index (κ2) is 9.92. The Bertz CT molecular complexity index is 1100. The van der Waals surface area contributed by atoms with Crippen LogP contribution in [0.1, 0.15) is 54.9 Å². The number of benzene rings is 2. The molecule has 0 aromatic heterocycles. The zero-order valence-electron chi connectivity index (χ0n) is 18.8. The number of non-ortho nitro benzene ring substituents is 1. The van der Waals surface area contributed by atoms with Crippen molar-refractivity contribution in [2.24, 2.45) is 5.92 Å². The van der Waals surface area contributed by atoms with E-state index in [0.717, 1.165) is 24.8 Å². The Labute approximate surface area is 208 Å². The fourth-order valence-corrected chi connectivity index (χ4v) is 5.44. The molecule has 1 aliphatic heterocycles. The van der Waals surface area contributed by atoms with Crippen molar-refractivity contribution in [2.45, 2.75) is 57.1 Å². The second-order valence-electron chi connectivity index (χ2n) is 9.32. The maximum absolute atomic E-state index is 13.2. The molecule has 2 aromatic rings. The summed E-state index contributed by atoms with van der Waals surface area (Å²) in [4.78, 5) is 38.0. The molecular formula is C25H26Cl2N2O5. The first-order chi connectivity index (χ1) is 16.2. The number of nitro groups is 1. The van der Waals surface area contributed by atoms with E-state index in [1.807, 2.05) is 11.0 Å². The van der Waals surface area contributed by atoms with E-state index in [2.05, 4.69) is 6.92 Å². The van der Waals surface area contributed by atoms with E-state index in [0.29, 0.717) is 35.9 Å². The topological polar surface area (TPSA) is 89.8 Å². The third-order valence-electron chi connectivity index (χ3n) is 7.05. The Morgan fingerprint density at radius 1 is 1.15 bits per heavy atom. The third-order valence-corrected chi connectivity index (χ3v) is 7.63. The molecule has 1 saturated carbocycles. The first kappa shape index (κ1) is 24.5. The van der Waals surface area contributed by atoms with Gasteiger partial charge in [0.1, 0.15) is 6.10 Å². The molecule has 1 unspecified atom stereocenters. The molecule has 1 saturated heterocycles. The molecule has 180 valence electrons. The van der Waals surface area contributed by atoms with Crippen LogP contribution in [-0.4, -0.2) is 39.9 Å². The van der Waals surface area contributed by atoms with Crippen LogP contribution in [0.15, 0.2) is 42.5 Å². The smallest absolute Gasteiger partial charge is 0.338 e. The van der Waals surface area contributed by atoms with E-state index in [9.17, 15) is 19.7 Å². The minimum Gasteiger partial charge on any atom is -0.459 e. The van der Waals surface area contributed by atoms with Crippen LogP contribution in [0.5, 0.6) is 0 Å². The molecule has 2 aliphatic rings. The summed E-state index contributed by atoms with van der Waals surface area (Å²) < 4.78 is 5.65. The molecule has 0 bridgehead atoms. The number of ether oxygens (including phenoxy) is 1. The maximum atomic E-state index is 13.2. The summed E-state index contributed by atoms with van der Waals surface area (Å²) in [6.07, 6.45) is 3.94. The quantitative estimate of drug-likeness (QED) is 0.279. The molecule has 1 amide bonds. The Balaban J connectivity index is 1.32. The molecule has 34 heavy (non-hydrogen) atoms. The van der Waals surface area contributed by atoms with E-state index in [4.69, 9.17) is 27.9 Å². The van der Waals surface area contributed by atoms with Gasteiger partial charge in [0.25, 0.3) is 5.69 Å². The number of nitrogens with zero attached hydrogens (tertiary/aromatic N) is 2. The van der Waals surface area contributed by atoms with Gasteiger partial charge in [0.2, 0.25) is 5.91 Å². The van der Waals surface area contributed by atoms with Crippen molar-refractivity contribution in [1.29, 1.82) is 0 Å². The molecule has 4 rings (SSSR count). The number of halogens is 2. The molecule has 2 fully saturated rings. The van der Waals surface area contributed by atoms with Crippen molar-refractivity contribution < 1.29 is 19.2 Å². The van der Waals surface area contributed by atoms with Gasteiger partial charge in [-0.2, -0.15) is 0 Å². The number of hydrogen-bond acceptors (Lipinski definition) is 5. The van der Waals surface area contributed by atoms with Crippen molar-refractivity contribution in [2.75, 3.05) is 6.54 Å². The highest BCUT2D eigenvalue weighted by atomic mass is 35.5. The zero-order chi connectivity index (χ0) is 24.5. The number of hydrogen-bond donors (Lipinski definition) is 0. The first-order valence-electron chi connectivity index (χ1n) is 11.4. The Morgan fingerprint density at radius 3 is 2.44 bits per heavy atom. The molecule has 9 heteroatoms. The summed E-state index contributed by atoms with van der Waals surface area (Å²) in [6, 6.07) is 10.8. The molecule has 0 N–H and O–H groups in total. The van der Waals surface area contributed by atoms with Crippen molar-refractivity contribution >= 4 is 40.8 Å². The van der Waals surface area contributed by atoms with Crippen LogP contribution in [0.4, 0.5) is 5.69 Å². The first-order valence-corrected chi connectivity index (χ1v) is 12.1. The molecule has 7 nitrogen and oxygen atoms in total. The Kier molecular flexibility index (Phi) is 7.14. The molecule has 1 heterocycles. The maximum Gasteiger partial charge on any atom is 0.338 e. The lowest BCUT2D eigenvalue weighted by atomic mass is 9.80. The summed E-state index contributed by atoms with van der Waals surface area (Å²) in [5, 5.41) is 11.9. The van der Waals surface area contributed by atoms with Crippen LogP contribution >= 0.6 is 23.2 Å². The van der Waals surface area contributed by atoms with Crippen LogP contribution in [0.25, 0.3) is 0 Å². The molecule has 2 aromatic carbocycles. The molecule has 1 aliphatic carbocycles. The van der Waals surface area contributed by atoms with Gasteiger partial charge in [-0.05, 0) is 75.3 Å². The number of nitro benzene ring substituents is 1. The van der Waals surface area contributed by atoms with Crippen LogP contribution in [-0.2, 0) is 16.0 Å². The van der Waals surface area contributed by atoms with Gasteiger partial charge < -0.3 is 9.64 Å². The van der Waals surface area contributed by atoms with Crippen LogP contribution < -0.4 is 0 Å². The largest absolute Gasteiger partial charge is 0.459 e. The highest BCUT2D eigenvalue weighted by molar-refractivity contribution is 6.35. The van der Waals surface area contributed by atoms with E-state index in [1.165, 1.54) is 24.3 Å². The number of amides is 1. The minimum absolute atomic E-state index is 0.0723. The predicted octanol–water partition coefficient (Wildman–Crippen LogP) is 5.85. The van der Waals surface area contributed by atoms with E-state index in [-0.39, 0.29) is 34.7 Å². The number of likely N-dealkylation sites (tertiary alicyclic amines) is 1. The van der Waals surface area contributed by atoms with Crippen molar-refractivity contribution in [1.82, 2.24) is 4.90 Å². The minimum atomic E-state index is -0.509. The Morgan fingerprint density at radius 2 is 1.82 bits per heavy atom. The van der Waals surface area contributed by atoms with Crippen LogP contribution in [0, 0.1) is 16.0 Å². The van der Waals surface area contributed by atoms with Gasteiger partial charge in [-0.3, -0.25) is 14.9 Å². The fraction of sp³-hybridized carbons (Fsp3) is 0.440. The highest BCUT2D eigenvalue weighted by Crippen LogP contribution is 2.39. The van der Waals surface area contributed by atoms with Crippen molar-refractivity contribution in [3.8, 4) is 0 Å². The zero-order valence-corrected chi connectivity index (χ0v) is 20.3. The monoisotopic (exact) mass is 504 g/mol. The summed E-state index contributed by atoms with van der Waals surface area (Å²) in [6.45, 7) is 2.81. The van der Waals surface area contributed by atoms with Gasteiger partial charge in [0, 0.05) is 40.2 Å². The summed E-state index contributed by atoms with van der Waals surface area (Å²) in [7, 11) is 0. The SMILES string of the molecule is CC1(N2CCC(Cc3ccc(Cl)cc3Cl)C2=O)CCC(OC(=O)c2ccc([N+](=O)[O-])cc2)CC1. The average molecular weight is 505 g/mol. The fourth-order valence-electron chi connectivity index (χ4n) is 4.96. The molecule has 1 atom stereocenters. The number of rotatable bonds is 6. The summed E-state index contributed by atoms with van der Waals surface area (Å²) in [5.74, 6) is -0.441. The van der Waals surface area contributed by atoms with Gasteiger partial charge in [0.05, 0.1) is 10.5 Å². The molecular weight excluding hydrogens is 479 g/mol. The van der Waals surface area contributed by atoms with E-state index >= 15 is 0 Å². The van der Waals surface area contributed by atoms with Gasteiger partial charge in [-0.1, -0.05) is 29.3 Å². The molecule has 0 radical (unpaired) electrons. The van der Waals surface area contributed by atoms with Gasteiger partial charge in [-0.25, -0.2) is 4.79 Å². The highest BCUT2D eigenvalue weighted by Gasteiger charge is 2.44. The average Bonchev–Trinajstić information content (AvgIpc) is 3.18. The summed E-state index contributed by atoms with van der Waals surface area (Å²) in [5.41, 5.74) is 0.874. The number of carbonyl (C=O) groups excluding carboxylic acids is 2. The van der Waals surface area contributed by atoms with Gasteiger partial charge in [0.15, 0.2) is 0 Å². The standard InChI is InChI=1S/C25H26Cl2N2O5/c1-25(28-13-10-18(23(28)30)14-17-2-5-19(26)15-22(17)27)11-8-21(9-12-25)34-24(31)16-3-6-20(7-4-16)29(32)33/h2-7,15,18,21H,8-14H2,1H3. The van der Waals surface area contributed by atoms with Crippen LogP contribution in [0.2, 0.25) is 10.0 Å². The Hall–Kier alpha value is -2.64. The lowest BCUT2D eigenvalue weighted by Crippen LogP contribution is -2.51. The third kappa shape index (κ3) is 5.20. The molecule has 0 spiro atoms. The lowest BCUT2D eigenvalue weighted by molar-refractivity contribution is -0.384. The van der Waals surface area contributed by atoms with Gasteiger partial charge in [-0.15, -0.1) is 0 Å². The second-order valence-corrected chi connectivity index (χ2v) is 10.2. The normalized spacial score (nSPS) is 24.8. The van der Waals surface area contributed by atoms with Crippen molar-refractivity contribution in [3.63, 3.8) is 0 Å². The lowest BCUT2D eigenvalue weighted by Gasteiger charge is -2.44. The van der Waals surface area contributed by atoms with Crippen LogP contribution in [0.3, 0.4) is 0 Å². The van der Waals surface area contributed by atoms with E-state index in [1.54, 1.807) is 12.1 Å². The van der Waals surface area contributed by atoms with E-state index < -0.39 is 10.9 Å².